The highest BCUT2D eigenvalue weighted by molar-refractivity contribution is 5.43. The molecule has 2 aromatic heterocycles. The van der Waals surface area contributed by atoms with Crippen LogP contribution in [0.5, 0.6) is 0 Å². The molecule has 0 amide bonds. The molecule has 4 heteroatoms. The predicted octanol–water partition coefficient (Wildman–Crippen LogP) is 1.79. The molecule has 86 valence electrons. The van der Waals surface area contributed by atoms with E-state index in [2.05, 4.69) is 30.9 Å². The van der Waals surface area contributed by atoms with Crippen LogP contribution < -0.4 is 5.73 Å². The first-order valence-corrected chi connectivity index (χ1v) is 5.48. The Morgan fingerprint density at radius 2 is 2.00 bits per heavy atom. The second-order valence-corrected chi connectivity index (χ2v) is 5.14. The number of nitrogens with two attached hydrogens (primary N) is 1. The Bertz CT molecular complexity index is 520. The molecule has 0 aliphatic rings. The highest BCUT2D eigenvalue weighted by atomic mass is 15.3. The fourth-order valence-corrected chi connectivity index (χ4v) is 1.69. The summed E-state index contributed by atoms with van der Waals surface area (Å²) in [5, 5.41) is 4.57. The number of hydrogen-bond donors (Lipinski definition) is 1. The lowest BCUT2D eigenvalue weighted by Gasteiger charge is -2.13. The highest BCUT2D eigenvalue weighted by Gasteiger charge is 2.19. The quantitative estimate of drug-likeness (QED) is 0.794. The van der Waals surface area contributed by atoms with Crippen molar-refractivity contribution >= 4 is 5.65 Å². The summed E-state index contributed by atoms with van der Waals surface area (Å²) in [6.07, 6.45) is 0. The molecule has 4 nitrogen and oxygen atoms in total. The third-order valence-electron chi connectivity index (χ3n) is 2.61. The maximum absolute atomic E-state index is 5.71. The van der Waals surface area contributed by atoms with E-state index in [9.17, 15) is 0 Å². The van der Waals surface area contributed by atoms with Gasteiger partial charge in [0.1, 0.15) is 0 Å². The van der Waals surface area contributed by atoms with Gasteiger partial charge in [-0.25, -0.2) is 9.50 Å². The fraction of sp³-hybridized carbons (Fsp3) is 0.500. The molecule has 0 radical (unpaired) electrons. The Balaban J connectivity index is 2.70. The van der Waals surface area contributed by atoms with Crippen LogP contribution in [0.2, 0.25) is 0 Å². The molecule has 0 saturated carbocycles. The Labute approximate surface area is 95.5 Å². The third-order valence-corrected chi connectivity index (χ3v) is 2.61. The summed E-state index contributed by atoms with van der Waals surface area (Å²) in [4.78, 5) is 4.46. The van der Waals surface area contributed by atoms with Gasteiger partial charge in [-0.15, -0.1) is 0 Å². The van der Waals surface area contributed by atoms with Gasteiger partial charge in [0.2, 0.25) is 0 Å². The minimum atomic E-state index is 0.0352. The van der Waals surface area contributed by atoms with E-state index in [1.807, 2.05) is 23.6 Å². The van der Waals surface area contributed by atoms with Gasteiger partial charge in [0.15, 0.2) is 5.65 Å². The van der Waals surface area contributed by atoms with E-state index >= 15 is 0 Å². The van der Waals surface area contributed by atoms with Gasteiger partial charge in [-0.2, -0.15) is 5.10 Å². The number of fused-ring (bicyclic) bond motifs is 1. The summed E-state index contributed by atoms with van der Waals surface area (Å²) >= 11 is 0. The summed E-state index contributed by atoms with van der Waals surface area (Å²) in [5.74, 6) is 0. The predicted molar refractivity (Wildman–Crippen MR) is 64.3 cm³/mol. The Hall–Kier alpha value is -1.42. The highest BCUT2D eigenvalue weighted by Crippen LogP contribution is 2.22. The molecule has 16 heavy (non-hydrogen) atoms. The van der Waals surface area contributed by atoms with E-state index in [-0.39, 0.29) is 5.41 Å². The van der Waals surface area contributed by atoms with E-state index in [0.717, 1.165) is 22.7 Å². The third kappa shape index (κ3) is 1.80. The summed E-state index contributed by atoms with van der Waals surface area (Å²) < 4.78 is 1.84. The average molecular weight is 218 g/mol. The molecule has 0 aliphatic carbocycles. The molecular weight excluding hydrogens is 200 g/mol. The van der Waals surface area contributed by atoms with E-state index in [1.54, 1.807) is 0 Å². The maximum Gasteiger partial charge on any atom is 0.155 e. The number of nitrogens with zero attached hydrogens (tertiary/aromatic N) is 3. The van der Waals surface area contributed by atoms with Crippen molar-refractivity contribution in [3.63, 3.8) is 0 Å². The first kappa shape index (κ1) is 11.1. The summed E-state index contributed by atoms with van der Waals surface area (Å²) in [6.45, 7) is 8.88. The van der Waals surface area contributed by atoms with Crippen molar-refractivity contribution in [2.45, 2.75) is 39.7 Å². The van der Waals surface area contributed by atoms with Crippen molar-refractivity contribution in [3.05, 3.63) is 29.2 Å². The van der Waals surface area contributed by atoms with Crippen molar-refractivity contribution < 1.29 is 0 Å². The molecule has 0 fully saturated rings. The SMILES string of the molecule is Cc1cc(CN)n2nc(C(C)(C)C)cc2n1. The molecule has 2 rings (SSSR count). The minimum absolute atomic E-state index is 0.0352. The smallest absolute Gasteiger partial charge is 0.155 e. The van der Waals surface area contributed by atoms with Gasteiger partial charge in [-0.1, -0.05) is 20.8 Å². The van der Waals surface area contributed by atoms with Crippen LogP contribution >= 0.6 is 0 Å². The Kier molecular flexibility index (Phi) is 2.46. The molecule has 0 aromatic carbocycles. The lowest BCUT2D eigenvalue weighted by molar-refractivity contribution is 0.560. The van der Waals surface area contributed by atoms with Crippen LogP contribution in [-0.4, -0.2) is 14.6 Å². The van der Waals surface area contributed by atoms with Gasteiger partial charge in [-0.05, 0) is 13.0 Å². The largest absolute Gasteiger partial charge is 0.325 e. The van der Waals surface area contributed by atoms with Crippen molar-refractivity contribution in [1.82, 2.24) is 14.6 Å². The van der Waals surface area contributed by atoms with E-state index < -0.39 is 0 Å². The van der Waals surface area contributed by atoms with Crippen molar-refractivity contribution in [2.75, 3.05) is 0 Å². The molecule has 0 aliphatic heterocycles. The molecule has 0 spiro atoms. The molecule has 0 saturated heterocycles. The molecule has 2 heterocycles. The van der Waals surface area contributed by atoms with Crippen LogP contribution in [0, 0.1) is 6.92 Å². The van der Waals surface area contributed by atoms with E-state index in [1.165, 1.54) is 0 Å². The number of aromatic nitrogens is 3. The fourth-order valence-electron chi connectivity index (χ4n) is 1.69. The number of rotatable bonds is 1. The second kappa shape index (κ2) is 3.56. The summed E-state index contributed by atoms with van der Waals surface area (Å²) in [5.41, 5.74) is 9.65. The number of aryl methyl sites for hydroxylation is 1. The topological polar surface area (TPSA) is 56.2 Å². The molecule has 2 N–H and O–H groups in total. The Morgan fingerprint density at radius 1 is 1.31 bits per heavy atom. The first-order chi connectivity index (χ1) is 7.41. The second-order valence-electron chi connectivity index (χ2n) is 5.14. The van der Waals surface area contributed by atoms with Gasteiger partial charge in [0.25, 0.3) is 0 Å². The first-order valence-electron chi connectivity index (χ1n) is 5.48. The minimum Gasteiger partial charge on any atom is -0.325 e. The van der Waals surface area contributed by atoms with Gasteiger partial charge in [0.05, 0.1) is 11.4 Å². The van der Waals surface area contributed by atoms with Crippen LogP contribution in [0.4, 0.5) is 0 Å². The maximum atomic E-state index is 5.71. The van der Waals surface area contributed by atoms with Crippen molar-refractivity contribution in [3.8, 4) is 0 Å². The molecule has 2 aromatic rings. The zero-order valence-corrected chi connectivity index (χ0v) is 10.3. The lowest BCUT2D eigenvalue weighted by Crippen LogP contribution is -2.13. The summed E-state index contributed by atoms with van der Waals surface area (Å²) in [6, 6.07) is 4.01. The van der Waals surface area contributed by atoms with E-state index in [4.69, 9.17) is 5.73 Å². The normalized spacial score (nSPS) is 12.3. The van der Waals surface area contributed by atoms with Crippen LogP contribution in [0.25, 0.3) is 5.65 Å². The lowest BCUT2D eigenvalue weighted by atomic mass is 9.93. The van der Waals surface area contributed by atoms with Crippen LogP contribution in [0.3, 0.4) is 0 Å². The van der Waals surface area contributed by atoms with Gasteiger partial charge in [0, 0.05) is 23.7 Å². The standard InChI is InChI=1S/C12H18N4/c1-8-5-9(7-13)16-11(14-8)6-10(15-16)12(2,3)4/h5-6H,7,13H2,1-4H3. The van der Waals surface area contributed by atoms with Crippen molar-refractivity contribution in [1.29, 1.82) is 0 Å². The van der Waals surface area contributed by atoms with Crippen LogP contribution in [0.1, 0.15) is 37.9 Å². The van der Waals surface area contributed by atoms with Crippen LogP contribution in [0.15, 0.2) is 12.1 Å². The zero-order valence-electron chi connectivity index (χ0n) is 10.3. The molecule has 0 unspecified atom stereocenters. The van der Waals surface area contributed by atoms with Gasteiger partial charge >= 0.3 is 0 Å². The van der Waals surface area contributed by atoms with Gasteiger partial charge < -0.3 is 5.73 Å². The van der Waals surface area contributed by atoms with Crippen LogP contribution in [-0.2, 0) is 12.0 Å². The summed E-state index contributed by atoms with van der Waals surface area (Å²) in [7, 11) is 0. The monoisotopic (exact) mass is 218 g/mol. The molecule has 0 bridgehead atoms. The average Bonchev–Trinajstić information content (AvgIpc) is 2.59. The van der Waals surface area contributed by atoms with Gasteiger partial charge in [-0.3, -0.25) is 0 Å². The Morgan fingerprint density at radius 3 is 2.56 bits per heavy atom. The number of hydrogen-bond acceptors (Lipinski definition) is 3. The van der Waals surface area contributed by atoms with E-state index in [0.29, 0.717) is 6.54 Å². The molecular formula is C12H18N4. The zero-order chi connectivity index (χ0) is 11.9. The molecule has 0 atom stereocenters. The van der Waals surface area contributed by atoms with Crippen molar-refractivity contribution in [2.24, 2.45) is 5.73 Å².